The van der Waals surface area contributed by atoms with E-state index in [0.29, 0.717) is 18.2 Å². The summed E-state index contributed by atoms with van der Waals surface area (Å²) in [6.45, 7) is 3.26. The van der Waals surface area contributed by atoms with E-state index in [1.54, 1.807) is 0 Å². The first-order valence-electron chi connectivity index (χ1n) is 7.19. The first-order chi connectivity index (χ1) is 10.1. The summed E-state index contributed by atoms with van der Waals surface area (Å²) in [5.41, 5.74) is 6.01. The number of hydrogen-bond donors (Lipinski definition) is 2. The third-order valence-corrected chi connectivity index (χ3v) is 4.22. The van der Waals surface area contributed by atoms with Crippen molar-refractivity contribution in [3.63, 3.8) is 0 Å². The molecule has 2 atom stereocenters. The van der Waals surface area contributed by atoms with Crippen molar-refractivity contribution in [3.8, 4) is 0 Å². The van der Waals surface area contributed by atoms with Gasteiger partial charge in [-0.1, -0.05) is 11.6 Å². The highest BCUT2D eigenvalue weighted by molar-refractivity contribution is 6.29. The quantitative estimate of drug-likeness (QED) is 0.811. The minimum atomic E-state index is -0.210. The lowest BCUT2D eigenvalue weighted by molar-refractivity contribution is -0.0461. The van der Waals surface area contributed by atoms with Crippen LogP contribution in [0.4, 0.5) is 5.82 Å². The number of amides is 1. The summed E-state index contributed by atoms with van der Waals surface area (Å²) in [7, 11) is 0. The molecule has 0 aliphatic carbocycles. The van der Waals surface area contributed by atoms with Gasteiger partial charge in [-0.15, -0.1) is 0 Å². The SMILES string of the molecule is Nc1cc(C(=O)NCC2CN3CCCC3CO2)cc(Cl)n1. The second-order valence-corrected chi connectivity index (χ2v) is 5.95. The molecule has 0 spiro atoms. The Morgan fingerprint density at radius 2 is 2.43 bits per heavy atom. The highest BCUT2D eigenvalue weighted by Crippen LogP contribution is 2.22. The summed E-state index contributed by atoms with van der Waals surface area (Å²) >= 11 is 5.80. The van der Waals surface area contributed by atoms with Crippen LogP contribution in [-0.4, -0.2) is 54.2 Å². The molecule has 1 aromatic heterocycles. The fraction of sp³-hybridized carbons (Fsp3) is 0.571. The molecule has 2 fully saturated rings. The Hall–Kier alpha value is -1.37. The van der Waals surface area contributed by atoms with Crippen molar-refractivity contribution in [2.45, 2.75) is 25.0 Å². The Labute approximate surface area is 128 Å². The van der Waals surface area contributed by atoms with E-state index in [1.165, 1.54) is 25.0 Å². The van der Waals surface area contributed by atoms with Gasteiger partial charge in [0.1, 0.15) is 11.0 Å². The molecule has 2 saturated heterocycles. The summed E-state index contributed by atoms with van der Waals surface area (Å²) in [4.78, 5) is 18.4. The van der Waals surface area contributed by atoms with Gasteiger partial charge in [-0.3, -0.25) is 9.69 Å². The third kappa shape index (κ3) is 3.45. The predicted molar refractivity (Wildman–Crippen MR) is 80.3 cm³/mol. The van der Waals surface area contributed by atoms with Crippen molar-refractivity contribution < 1.29 is 9.53 Å². The van der Waals surface area contributed by atoms with Crippen LogP contribution in [0.25, 0.3) is 0 Å². The molecule has 0 bridgehead atoms. The van der Waals surface area contributed by atoms with Gasteiger partial charge < -0.3 is 15.8 Å². The van der Waals surface area contributed by atoms with Gasteiger partial charge in [0.25, 0.3) is 5.91 Å². The minimum Gasteiger partial charge on any atom is -0.384 e. The van der Waals surface area contributed by atoms with Gasteiger partial charge in [0.2, 0.25) is 0 Å². The molecule has 114 valence electrons. The molecule has 2 aliphatic heterocycles. The number of fused-ring (bicyclic) bond motifs is 1. The molecule has 21 heavy (non-hydrogen) atoms. The van der Waals surface area contributed by atoms with Crippen molar-refractivity contribution in [2.75, 3.05) is 32.0 Å². The molecule has 3 heterocycles. The number of hydrogen-bond acceptors (Lipinski definition) is 5. The molecule has 1 aromatic rings. The Morgan fingerprint density at radius 1 is 1.57 bits per heavy atom. The monoisotopic (exact) mass is 310 g/mol. The molecule has 2 aliphatic rings. The lowest BCUT2D eigenvalue weighted by Crippen LogP contribution is -2.50. The normalized spacial score (nSPS) is 25.6. The molecule has 7 heteroatoms. The zero-order chi connectivity index (χ0) is 14.8. The summed E-state index contributed by atoms with van der Waals surface area (Å²) in [6.07, 6.45) is 2.49. The maximum Gasteiger partial charge on any atom is 0.251 e. The highest BCUT2D eigenvalue weighted by atomic mass is 35.5. The fourth-order valence-electron chi connectivity index (χ4n) is 2.97. The summed E-state index contributed by atoms with van der Waals surface area (Å²) < 4.78 is 5.81. The number of rotatable bonds is 3. The van der Waals surface area contributed by atoms with E-state index in [0.717, 1.165) is 19.7 Å². The molecule has 6 nitrogen and oxygen atoms in total. The number of pyridine rings is 1. The van der Waals surface area contributed by atoms with E-state index in [9.17, 15) is 4.79 Å². The number of aromatic nitrogens is 1. The number of halogens is 1. The Balaban J connectivity index is 1.53. The van der Waals surface area contributed by atoms with E-state index in [4.69, 9.17) is 22.1 Å². The molecule has 2 unspecified atom stereocenters. The zero-order valence-corrected chi connectivity index (χ0v) is 12.5. The van der Waals surface area contributed by atoms with Crippen LogP contribution in [-0.2, 0) is 4.74 Å². The van der Waals surface area contributed by atoms with Crippen molar-refractivity contribution in [2.24, 2.45) is 0 Å². The Bertz CT molecular complexity index is 519. The van der Waals surface area contributed by atoms with Gasteiger partial charge in [0, 0.05) is 24.7 Å². The number of carbonyl (C=O) groups is 1. The van der Waals surface area contributed by atoms with Crippen LogP contribution >= 0.6 is 11.6 Å². The van der Waals surface area contributed by atoms with E-state index >= 15 is 0 Å². The number of carbonyl (C=O) groups excluding carboxylic acids is 1. The predicted octanol–water partition coefficient (Wildman–Crippen LogP) is 0.910. The molecule has 3 rings (SSSR count). The molecular weight excluding hydrogens is 292 g/mol. The number of nitrogens with two attached hydrogens (primary N) is 1. The first kappa shape index (κ1) is 14.6. The number of nitrogen functional groups attached to an aromatic ring is 1. The maximum absolute atomic E-state index is 12.1. The average molecular weight is 311 g/mol. The lowest BCUT2D eigenvalue weighted by Gasteiger charge is -2.35. The number of anilines is 1. The van der Waals surface area contributed by atoms with Crippen LogP contribution in [0.1, 0.15) is 23.2 Å². The topological polar surface area (TPSA) is 80.5 Å². The maximum atomic E-state index is 12.1. The van der Waals surface area contributed by atoms with E-state index in [2.05, 4.69) is 15.2 Å². The van der Waals surface area contributed by atoms with Crippen LogP contribution in [0.3, 0.4) is 0 Å². The van der Waals surface area contributed by atoms with Crippen LogP contribution in [0, 0.1) is 0 Å². The van der Waals surface area contributed by atoms with E-state index in [-0.39, 0.29) is 23.0 Å². The lowest BCUT2D eigenvalue weighted by atomic mass is 10.2. The molecule has 3 N–H and O–H groups in total. The van der Waals surface area contributed by atoms with Crippen molar-refractivity contribution in [1.29, 1.82) is 0 Å². The van der Waals surface area contributed by atoms with Crippen LogP contribution in [0.15, 0.2) is 12.1 Å². The largest absolute Gasteiger partial charge is 0.384 e. The van der Waals surface area contributed by atoms with Crippen LogP contribution in [0.5, 0.6) is 0 Å². The molecule has 0 radical (unpaired) electrons. The summed E-state index contributed by atoms with van der Waals surface area (Å²) in [5, 5.41) is 3.09. The van der Waals surface area contributed by atoms with Crippen LogP contribution in [0.2, 0.25) is 5.15 Å². The highest BCUT2D eigenvalue weighted by Gasteiger charge is 2.32. The fourth-order valence-corrected chi connectivity index (χ4v) is 3.18. The summed E-state index contributed by atoms with van der Waals surface area (Å²) in [6, 6.07) is 3.58. The third-order valence-electron chi connectivity index (χ3n) is 4.03. The van der Waals surface area contributed by atoms with Crippen molar-refractivity contribution in [3.05, 3.63) is 22.8 Å². The second kappa shape index (κ2) is 6.17. The first-order valence-corrected chi connectivity index (χ1v) is 7.56. The van der Waals surface area contributed by atoms with Crippen molar-refractivity contribution >= 4 is 23.3 Å². The number of nitrogens with zero attached hydrogens (tertiary/aromatic N) is 2. The average Bonchev–Trinajstić information content (AvgIpc) is 2.91. The molecule has 0 saturated carbocycles. The standard InChI is InChI=1S/C14H19ClN4O2/c15-12-4-9(5-13(16)18-12)14(20)17-6-11-7-19-3-1-2-10(19)8-21-11/h4-5,10-11H,1-3,6-8H2,(H2,16,18)(H,17,20). The van der Waals surface area contributed by atoms with Gasteiger partial charge in [-0.2, -0.15) is 0 Å². The summed E-state index contributed by atoms with van der Waals surface area (Å²) in [5.74, 6) is 0.0274. The second-order valence-electron chi connectivity index (χ2n) is 5.56. The molecule has 0 aromatic carbocycles. The minimum absolute atomic E-state index is 0.0398. The number of morpholine rings is 1. The number of nitrogens with one attached hydrogen (secondary N) is 1. The van der Waals surface area contributed by atoms with E-state index in [1.807, 2.05) is 0 Å². The Morgan fingerprint density at radius 3 is 3.24 bits per heavy atom. The van der Waals surface area contributed by atoms with Gasteiger partial charge in [0.15, 0.2) is 0 Å². The number of ether oxygens (including phenoxy) is 1. The van der Waals surface area contributed by atoms with Crippen molar-refractivity contribution in [1.82, 2.24) is 15.2 Å². The van der Waals surface area contributed by atoms with Gasteiger partial charge in [-0.25, -0.2) is 4.98 Å². The van der Waals surface area contributed by atoms with Crippen LogP contribution < -0.4 is 11.1 Å². The van der Waals surface area contributed by atoms with Gasteiger partial charge in [0.05, 0.1) is 12.7 Å². The van der Waals surface area contributed by atoms with Gasteiger partial charge in [-0.05, 0) is 31.5 Å². The zero-order valence-electron chi connectivity index (χ0n) is 11.7. The smallest absolute Gasteiger partial charge is 0.251 e. The molecular formula is C14H19ClN4O2. The van der Waals surface area contributed by atoms with Gasteiger partial charge >= 0.3 is 0 Å². The molecule has 1 amide bonds. The Kier molecular flexibility index (Phi) is 4.28. The van der Waals surface area contributed by atoms with E-state index < -0.39 is 0 Å².